The zero-order valence-electron chi connectivity index (χ0n) is 5.71. The third kappa shape index (κ3) is 2.30. The molecule has 1 aliphatic rings. The van der Waals surface area contributed by atoms with E-state index in [0.29, 0.717) is 0 Å². The quantitative estimate of drug-likeness (QED) is 0.511. The van der Waals surface area contributed by atoms with Gasteiger partial charge in [-0.05, 0) is 0 Å². The fourth-order valence-electron chi connectivity index (χ4n) is 1.05. The second-order valence-corrected chi connectivity index (χ2v) is 2.30. The molecule has 1 heterocycles. The van der Waals surface area contributed by atoms with E-state index in [2.05, 4.69) is 10.2 Å². The summed E-state index contributed by atoms with van der Waals surface area (Å²) in [7, 11) is 0. The van der Waals surface area contributed by atoms with Gasteiger partial charge in [-0.15, -0.1) is 0 Å². The molecule has 0 saturated carbocycles. The summed E-state index contributed by atoms with van der Waals surface area (Å²) in [4.78, 5) is 2.35. The first-order valence-corrected chi connectivity index (χ1v) is 3.49. The molecule has 0 bridgehead atoms. The van der Waals surface area contributed by atoms with E-state index in [1.54, 1.807) is 0 Å². The molecule has 0 atom stereocenters. The maximum Gasteiger partial charge on any atom is 0.0261 e. The van der Waals surface area contributed by atoms with E-state index in [1.807, 2.05) is 0 Å². The van der Waals surface area contributed by atoms with Gasteiger partial charge in [-0.2, -0.15) is 0 Å². The van der Waals surface area contributed by atoms with Gasteiger partial charge in [0.25, 0.3) is 0 Å². The molecular formula is C6H14N3. The minimum atomic E-state index is 0.778. The second-order valence-electron chi connectivity index (χ2n) is 2.30. The standard InChI is InChI=1S/C6H14N3/c7-1-4-9-5-2-8-3-6-9/h1-7H2. The normalized spacial score (nSPS) is 22.3. The molecule has 0 unspecified atom stereocenters. The zero-order valence-corrected chi connectivity index (χ0v) is 5.71. The summed E-state index contributed by atoms with van der Waals surface area (Å²) in [6.07, 6.45) is 0. The van der Waals surface area contributed by atoms with Crippen molar-refractivity contribution in [1.82, 2.24) is 10.2 Å². The van der Waals surface area contributed by atoms with Gasteiger partial charge in [-0.25, -0.2) is 5.32 Å². The van der Waals surface area contributed by atoms with E-state index >= 15 is 0 Å². The van der Waals surface area contributed by atoms with E-state index in [0.717, 1.165) is 39.3 Å². The molecule has 53 valence electrons. The molecule has 0 aromatic heterocycles. The van der Waals surface area contributed by atoms with Gasteiger partial charge in [0, 0.05) is 39.3 Å². The van der Waals surface area contributed by atoms with Crippen molar-refractivity contribution in [2.45, 2.75) is 0 Å². The number of hydrogen-bond acceptors (Lipinski definition) is 2. The molecule has 3 nitrogen and oxygen atoms in total. The summed E-state index contributed by atoms with van der Waals surface area (Å²) >= 11 is 0. The van der Waals surface area contributed by atoms with Gasteiger partial charge in [-0.3, -0.25) is 4.90 Å². The summed E-state index contributed by atoms with van der Waals surface area (Å²) in [6.45, 7) is 6.03. The van der Waals surface area contributed by atoms with E-state index in [-0.39, 0.29) is 0 Å². The van der Waals surface area contributed by atoms with Gasteiger partial charge < -0.3 is 5.73 Å². The van der Waals surface area contributed by atoms with Gasteiger partial charge in [-0.1, -0.05) is 0 Å². The Hall–Kier alpha value is -0.120. The summed E-state index contributed by atoms with van der Waals surface area (Å²) in [5.74, 6) is 0. The maximum absolute atomic E-state index is 5.39. The Labute approximate surface area is 56.2 Å². The molecule has 0 spiro atoms. The van der Waals surface area contributed by atoms with Crippen molar-refractivity contribution in [3.63, 3.8) is 0 Å². The average molecular weight is 128 g/mol. The lowest BCUT2D eigenvalue weighted by molar-refractivity contribution is 0.245. The Morgan fingerprint density at radius 1 is 1.33 bits per heavy atom. The highest BCUT2D eigenvalue weighted by atomic mass is 15.2. The Kier molecular flexibility index (Phi) is 2.97. The predicted molar refractivity (Wildman–Crippen MR) is 37.4 cm³/mol. The Morgan fingerprint density at radius 2 is 2.00 bits per heavy atom. The predicted octanol–water partition coefficient (Wildman–Crippen LogP) is -1.13. The van der Waals surface area contributed by atoms with Crippen molar-refractivity contribution in [3.8, 4) is 0 Å². The third-order valence-electron chi connectivity index (χ3n) is 1.59. The lowest BCUT2D eigenvalue weighted by Crippen LogP contribution is -2.42. The summed E-state index contributed by atoms with van der Waals surface area (Å²) in [6, 6.07) is 0. The van der Waals surface area contributed by atoms with Crippen LogP contribution in [0.4, 0.5) is 0 Å². The summed E-state index contributed by atoms with van der Waals surface area (Å²) in [5, 5.41) is 4.23. The first-order chi connectivity index (χ1) is 4.43. The lowest BCUT2D eigenvalue weighted by atomic mass is 10.3. The molecule has 9 heavy (non-hydrogen) atoms. The summed E-state index contributed by atoms with van der Waals surface area (Å²) < 4.78 is 0. The van der Waals surface area contributed by atoms with Crippen LogP contribution < -0.4 is 11.1 Å². The van der Waals surface area contributed by atoms with Crippen LogP contribution in [-0.4, -0.2) is 44.2 Å². The molecule has 1 fully saturated rings. The van der Waals surface area contributed by atoms with Crippen molar-refractivity contribution in [2.24, 2.45) is 5.73 Å². The average Bonchev–Trinajstić information content (AvgIpc) is 1.91. The van der Waals surface area contributed by atoms with Crippen LogP contribution in [0.2, 0.25) is 0 Å². The van der Waals surface area contributed by atoms with E-state index in [4.69, 9.17) is 5.73 Å². The van der Waals surface area contributed by atoms with Gasteiger partial charge in [0.1, 0.15) is 0 Å². The maximum atomic E-state index is 5.39. The van der Waals surface area contributed by atoms with Crippen LogP contribution in [0.15, 0.2) is 0 Å². The monoisotopic (exact) mass is 128 g/mol. The highest BCUT2D eigenvalue weighted by Gasteiger charge is 2.07. The molecule has 1 saturated heterocycles. The Bertz CT molecular complexity index is 65.9. The molecule has 1 radical (unpaired) electrons. The lowest BCUT2D eigenvalue weighted by Gasteiger charge is -2.25. The third-order valence-corrected chi connectivity index (χ3v) is 1.59. The van der Waals surface area contributed by atoms with Gasteiger partial charge in [0.15, 0.2) is 0 Å². The molecule has 3 heteroatoms. The summed E-state index contributed by atoms with van der Waals surface area (Å²) in [5.41, 5.74) is 5.39. The fraction of sp³-hybridized carbons (Fsp3) is 1.00. The van der Waals surface area contributed by atoms with E-state index < -0.39 is 0 Å². The Balaban J connectivity index is 2.08. The van der Waals surface area contributed by atoms with Crippen LogP contribution in [0.1, 0.15) is 0 Å². The van der Waals surface area contributed by atoms with Gasteiger partial charge in [0.2, 0.25) is 0 Å². The molecule has 0 aromatic rings. The smallest absolute Gasteiger partial charge is 0.0261 e. The van der Waals surface area contributed by atoms with Gasteiger partial charge in [0.05, 0.1) is 0 Å². The molecule has 0 aliphatic carbocycles. The van der Waals surface area contributed by atoms with Crippen LogP contribution in [0.3, 0.4) is 0 Å². The highest BCUT2D eigenvalue weighted by Crippen LogP contribution is 1.89. The van der Waals surface area contributed by atoms with Crippen LogP contribution in [0, 0.1) is 0 Å². The van der Waals surface area contributed by atoms with E-state index in [9.17, 15) is 0 Å². The van der Waals surface area contributed by atoms with E-state index in [1.165, 1.54) is 0 Å². The SMILES string of the molecule is NCCN1CC[N]CC1. The number of nitrogens with zero attached hydrogens (tertiary/aromatic N) is 2. The number of hydrogen-bond donors (Lipinski definition) is 1. The first kappa shape index (κ1) is 6.99. The molecule has 1 aliphatic heterocycles. The minimum Gasteiger partial charge on any atom is -0.329 e. The Morgan fingerprint density at radius 3 is 2.56 bits per heavy atom. The van der Waals surface area contributed by atoms with Crippen LogP contribution in [-0.2, 0) is 0 Å². The molecule has 0 aromatic carbocycles. The largest absolute Gasteiger partial charge is 0.329 e. The van der Waals surface area contributed by atoms with Crippen molar-refractivity contribution in [3.05, 3.63) is 0 Å². The number of rotatable bonds is 2. The molecule has 0 amide bonds. The number of nitrogens with two attached hydrogens (primary N) is 1. The second kappa shape index (κ2) is 3.82. The van der Waals surface area contributed by atoms with Crippen molar-refractivity contribution in [1.29, 1.82) is 0 Å². The fourth-order valence-corrected chi connectivity index (χ4v) is 1.05. The number of piperazine rings is 1. The van der Waals surface area contributed by atoms with Crippen molar-refractivity contribution < 1.29 is 0 Å². The zero-order chi connectivity index (χ0) is 6.53. The highest BCUT2D eigenvalue weighted by molar-refractivity contribution is 4.66. The molecule has 2 N–H and O–H groups in total. The van der Waals surface area contributed by atoms with Crippen LogP contribution in [0.5, 0.6) is 0 Å². The van der Waals surface area contributed by atoms with Crippen molar-refractivity contribution >= 4 is 0 Å². The minimum absolute atomic E-state index is 0.778. The molecule has 1 rings (SSSR count). The van der Waals surface area contributed by atoms with Crippen LogP contribution >= 0.6 is 0 Å². The van der Waals surface area contributed by atoms with Gasteiger partial charge >= 0.3 is 0 Å². The van der Waals surface area contributed by atoms with Crippen LogP contribution in [0.25, 0.3) is 0 Å². The first-order valence-electron chi connectivity index (χ1n) is 3.49. The van der Waals surface area contributed by atoms with Crippen molar-refractivity contribution in [2.75, 3.05) is 39.3 Å². The molecular weight excluding hydrogens is 114 g/mol. The topological polar surface area (TPSA) is 43.4 Å².